The number of aliphatic hydroxyl groups excluding tert-OH is 1. The summed E-state index contributed by atoms with van der Waals surface area (Å²) >= 11 is 0. The molecule has 138 valence electrons. The molecule has 0 aromatic heterocycles. The lowest BCUT2D eigenvalue weighted by atomic mass is 9.91. The van der Waals surface area contributed by atoms with Crippen molar-refractivity contribution in [3.63, 3.8) is 0 Å². The van der Waals surface area contributed by atoms with Gasteiger partial charge in [-0.15, -0.1) is 0 Å². The van der Waals surface area contributed by atoms with E-state index in [0.29, 0.717) is 6.54 Å². The van der Waals surface area contributed by atoms with E-state index in [1.807, 2.05) is 36.4 Å². The summed E-state index contributed by atoms with van der Waals surface area (Å²) in [5.74, 6) is 0.103. The minimum absolute atomic E-state index is 0.0874. The topological polar surface area (TPSA) is 52.6 Å². The number of rotatable bonds is 5. The highest BCUT2D eigenvalue weighted by Gasteiger charge is 2.29. The third-order valence-corrected chi connectivity index (χ3v) is 5.37. The van der Waals surface area contributed by atoms with E-state index in [4.69, 9.17) is 0 Å². The summed E-state index contributed by atoms with van der Waals surface area (Å²) in [5.41, 5.74) is 2.36. The standard InChI is InChI=1S/C22H28N2O2/c1-24(20-14-8-9-15-21(20)25)22(26)23-16-19(17-10-4-2-5-11-17)18-12-6-3-7-13-18/h2-7,10-13,19-21,25H,8-9,14-16H2,1H3,(H,23,26)/t20-,21+/m1/s1. The van der Waals surface area contributed by atoms with Crippen LogP contribution in [0.3, 0.4) is 0 Å². The van der Waals surface area contributed by atoms with Gasteiger partial charge >= 0.3 is 6.03 Å². The molecular weight excluding hydrogens is 324 g/mol. The molecule has 0 aliphatic heterocycles. The molecule has 4 nitrogen and oxygen atoms in total. The normalized spacial score (nSPS) is 20.0. The first-order valence-corrected chi connectivity index (χ1v) is 9.45. The molecule has 1 aliphatic rings. The van der Waals surface area contributed by atoms with E-state index in [2.05, 4.69) is 29.6 Å². The number of nitrogens with zero attached hydrogens (tertiary/aromatic N) is 1. The number of aliphatic hydroxyl groups is 1. The molecule has 2 amide bonds. The van der Waals surface area contributed by atoms with Crippen molar-refractivity contribution in [2.45, 2.75) is 43.7 Å². The van der Waals surface area contributed by atoms with Crippen LogP contribution in [0.4, 0.5) is 4.79 Å². The summed E-state index contributed by atoms with van der Waals surface area (Å²) in [7, 11) is 1.79. The van der Waals surface area contributed by atoms with Crippen LogP contribution in [0.15, 0.2) is 60.7 Å². The maximum atomic E-state index is 12.7. The summed E-state index contributed by atoms with van der Waals surface area (Å²) in [5, 5.41) is 13.3. The van der Waals surface area contributed by atoms with Gasteiger partial charge in [0.05, 0.1) is 12.1 Å². The molecule has 0 spiro atoms. The first kappa shape index (κ1) is 18.5. The first-order chi connectivity index (χ1) is 12.7. The van der Waals surface area contributed by atoms with Crippen LogP contribution in [0.5, 0.6) is 0 Å². The van der Waals surface area contributed by atoms with Crippen molar-refractivity contribution in [1.82, 2.24) is 10.2 Å². The van der Waals surface area contributed by atoms with Crippen LogP contribution in [0.2, 0.25) is 0 Å². The number of carbonyl (C=O) groups excluding carboxylic acids is 1. The Labute approximate surface area is 155 Å². The molecule has 0 bridgehead atoms. The van der Waals surface area contributed by atoms with Gasteiger partial charge in [0.15, 0.2) is 0 Å². The second-order valence-electron chi connectivity index (χ2n) is 7.09. The van der Waals surface area contributed by atoms with E-state index in [9.17, 15) is 9.90 Å². The van der Waals surface area contributed by atoms with E-state index in [1.54, 1.807) is 11.9 Å². The summed E-state index contributed by atoms with van der Waals surface area (Å²) in [4.78, 5) is 14.3. The van der Waals surface area contributed by atoms with Crippen LogP contribution >= 0.6 is 0 Å². The molecule has 2 aromatic rings. The van der Waals surface area contributed by atoms with Gasteiger partial charge in [-0.1, -0.05) is 73.5 Å². The van der Waals surface area contributed by atoms with Gasteiger partial charge in [-0.25, -0.2) is 4.79 Å². The molecule has 26 heavy (non-hydrogen) atoms. The van der Waals surface area contributed by atoms with Crippen LogP contribution in [-0.2, 0) is 0 Å². The number of likely N-dealkylation sites (N-methyl/N-ethyl adjacent to an activating group) is 1. The predicted molar refractivity (Wildman–Crippen MR) is 104 cm³/mol. The number of nitrogens with one attached hydrogen (secondary N) is 1. The van der Waals surface area contributed by atoms with Crippen LogP contribution in [0, 0.1) is 0 Å². The van der Waals surface area contributed by atoms with Gasteiger partial charge in [0.25, 0.3) is 0 Å². The Bertz CT molecular complexity index is 650. The fourth-order valence-corrected chi connectivity index (χ4v) is 3.81. The maximum Gasteiger partial charge on any atom is 0.317 e. The average molecular weight is 352 g/mol. The van der Waals surface area contributed by atoms with E-state index >= 15 is 0 Å². The number of benzene rings is 2. The van der Waals surface area contributed by atoms with Gasteiger partial charge in [0.1, 0.15) is 0 Å². The first-order valence-electron chi connectivity index (χ1n) is 9.45. The number of carbonyl (C=O) groups is 1. The van der Waals surface area contributed by atoms with Crippen molar-refractivity contribution in [2.75, 3.05) is 13.6 Å². The van der Waals surface area contributed by atoms with Gasteiger partial charge in [0, 0.05) is 19.5 Å². The Morgan fingerprint density at radius 2 is 1.58 bits per heavy atom. The lowest BCUT2D eigenvalue weighted by Gasteiger charge is -2.35. The van der Waals surface area contributed by atoms with E-state index in [-0.39, 0.29) is 18.0 Å². The summed E-state index contributed by atoms with van der Waals surface area (Å²) < 4.78 is 0. The minimum Gasteiger partial charge on any atom is -0.391 e. The Balaban J connectivity index is 1.68. The van der Waals surface area contributed by atoms with Crippen molar-refractivity contribution >= 4 is 6.03 Å². The van der Waals surface area contributed by atoms with Crippen LogP contribution < -0.4 is 5.32 Å². The molecule has 2 N–H and O–H groups in total. The molecule has 2 aromatic carbocycles. The van der Waals surface area contributed by atoms with E-state index in [0.717, 1.165) is 25.7 Å². The molecule has 2 atom stereocenters. The van der Waals surface area contributed by atoms with Crippen LogP contribution in [0.1, 0.15) is 42.7 Å². The second-order valence-corrected chi connectivity index (χ2v) is 7.09. The largest absolute Gasteiger partial charge is 0.391 e. The highest BCUT2D eigenvalue weighted by atomic mass is 16.3. The fraction of sp³-hybridized carbons (Fsp3) is 0.409. The predicted octanol–water partition coefficient (Wildman–Crippen LogP) is 3.76. The number of hydrogen-bond acceptors (Lipinski definition) is 2. The molecule has 0 unspecified atom stereocenters. The number of hydrogen-bond donors (Lipinski definition) is 2. The fourth-order valence-electron chi connectivity index (χ4n) is 3.81. The third kappa shape index (κ3) is 4.44. The van der Waals surface area contributed by atoms with Gasteiger partial charge in [-0.05, 0) is 24.0 Å². The summed E-state index contributed by atoms with van der Waals surface area (Å²) in [6.45, 7) is 0.528. The van der Waals surface area contributed by atoms with Gasteiger partial charge in [-0.3, -0.25) is 0 Å². The maximum absolute atomic E-state index is 12.7. The minimum atomic E-state index is -0.418. The molecule has 4 heteroatoms. The molecular formula is C22H28N2O2. The van der Waals surface area contributed by atoms with Crippen LogP contribution in [0.25, 0.3) is 0 Å². The zero-order valence-corrected chi connectivity index (χ0v) is 15.3. The molecule has 0 radical (unpaired) electrons. The Kier molecular flexibility index (Phi) is 6.29. The molecule has 1 fully saturated rings. The quantitative estimate of drug-likeness (QED) is 0.861. The van der Waals surface area contributed by atoms with Crippen molar-refractivity contribution < 1.29 is 9.90 Å². The van der Waals surface area contributed by atoms with Gasteiger partial charge < -0.3 is 15.3 Å². The lowest BCUT2D eigenvalue weighted by Crippen LogP contribution is -2.50. The molecule has 1 aliphatic carbocycles. The molecule has 3 rings (SSSR count). The van der Waals surface area contributed by atoms with Crippen molar-refractivity contribution in [3.8, 4) is 0 Å². The number of amides is 2. The third-order valence-electron chi connectivity index (χ3n) is 5.37. The number of urea groups is 1. The van der Waals surface area contributed by atoms with Crippen molar-refractivity contribution in [2.24, 2.45) is 0 Å². The zero-order valence-electron chi connectivity index (χ0n) is 15.3. The van der Waals surface area contributed by atoms with Crippen molar-refractivity contribution in [1.29, 1.82) is 0 Å². The Hall–Kier alpha value is -2.33. The Morgan fingerprint density at radius 3 is 2.12 bits per heavy atom. The van der Waals surface area contributed by atoms with Gasteiger partial charge in [-0.2, -0.15) is 0 Å². The molecule has 0 saturated heterocycles. The van der Waals surface area contributed by atoms with Crippen molar-refractivity contribution in [3.05, 3.63) is 71.8 Å². The highest BCUT2D eigenvalue weighted by Crippen LogP contribution is 2.25. The van der Waals surface area contributed by atoms with E-state index in [1.165, 1.54) is 11.1 Å². The second kappa shape index (κ2) is 8.86. The van der Waals surface area contributed by atoms with Crippen LogP contribution in [-0.4, -0.2) is 41.8 Å². The molecule has 1 saturated carbocycles. The lowest BCUT2D eigenvalue weighted by molar-refractivity contribution is 0.0465. The highest BCUT2D eigenvalue weighted by molar-refractivity contribution is 5.74. The average Bonchev–Trinajstić information content (AvgIpc) is 2.69. The molecule has 0 heterocycles. The summed E-state index contributed by atoms with van der Waals surface area (Å²) in [6.07, 6.45) is 3.33. The SMILES string of the molecule is CN(C(=O)NCC(c1ccccc1)c1ccccc1)[C@@H]1CCCC[C@@H]1O. The summed E-state index contributed by atoms with van der Waals surface area (Å²) in [6, 6.07) is 20.3. The van der Waals surface area contributed by atoms with E-state index < -0.39 is 6.10 Å². The zero-order chi connectivity index (χ0) is 18.4. The monoisotopic (exact) mass is 352 g/mol. The Morgan fingerprint density at radius 1 is 1.04 bits per heavy atom. The van der Waals surface area contributed by atoms with Gasteiger partial charge in [0.2, 0.25) is 0 Å². The smallest absolute Gasteiger partial charge is 0.317 e.